The smallest absolute Gasteiger partial charge is 0.238 e. The average Bonchev–Trinajstić information content (AvgIpc) is 3.38. The van der Waals surface area contributed by atoms with Crippen molar-refractivity contribution in [2.24, 2.45) is 11.8 Å². The van der Waals surface area contributed by atoms with E-state index >= 15 is 0 Å². The minimum Gasteiger partial charge on any atom is -0.461 e. The largest absolute Gasteiger partial charge is 0.461 e. The maximum Gasteiger partial charge on any atom is 0.238 e. The van der Waals surface area contributed by atoms with Crippen molar-refractivity contribution in [3.63, 3.8) is 0 Å². The van der Waals surface area contributed by atoms with Crippen molar-refractivity contribution in [3.05, 3.63) is 114 Å². The number of amides is 2. The quantitative estimate of drug-likeness (QED) is 0.416. The van der Waals surface area contributed by atoms with E-state index in [0.29, 0.717) is 12.1 Å². The number of hydrogen-bond acceptors (Lipinski definition) is 3. The van der Waals surface area contributed by atoms with E-state index in [2.05, 4.69) is 6.07 Å². The Balaban J connectivity index is 1.49. The Hall–Kier alpha value is -3.92. The Morgan fingerprint density at radius 1 is 0.750 bits per heavy atom. The van der Waals surface area contributed by atoms with Crippen LogP contribution >= 0.6 is 0 Å². The van der Waals surface area contributed by atoms with E-state index in [1.807, 2.05) is 91.0 Å². The summed E-state index contributed by atoms with van der Waals surface area (Å²) in [5, 5.41) is 0. The van der Waals surface area contributed by atoms with Crippen LogP contribution in [0.2, 0.25) is 0 Å². The van der Waals surface area contributed by atoms with E-state index in [9.17, 15) is 9.59 Å². The van der Waals surface area contributed by atoms with E-state index in [4.69, 9.17) is 4.42 Å². The number of furan rings is 1. The van der Waals surface area contributed by atoms with Gasteiger partial charge in [-0.1, -0.05) is 78.9 Å². The topological polar surface area (TPSA) is 50.5 Å². The van der Waals surface area contributed by atoms with Crippen LogP contribution in [-0.4, -0.2) is 11.8 Å². The summed E-state index contributed by atoms with van der Waals surface area (Å²) in [4.78, 5) is 28.5. The average molecular weight is 419 g/mol. The van der Waals surface area contributed by atoms with Gasteiger partial charge in [-0.2, -0.15) is 0 Å². The van der Waals surface area contributed by atoms with Crippen molar-refractivity contribution < 1.29 is 14.0 Å². The molecule has 4 aromatic rings. The third-order valence-corrected chi connectivity index (χ3v) is 6.65. The van der Waals surface area contributed by atoms with Gasteiger partial charge < -0.3 is 4.42 Å². The molecule has 2 aliphatic rings. The fourth-order valence-electron chi connectivity index (χ4n) is 5.22. The Morgan fingerprint density at radius 2 is 1.38 bits per heavy atom. The molecule has 1 fully saturated rings. The molecular weight excluding hydrogens is 398 g/mol. The van der Waals surface area contributed by atoms with Crippen LogP contribution in [0.3, 0.4) is 0 Å². The maximum atomic E-state index is 13.7. The molecule has 1 aliphatic heterocycles. The molecule has 4 nitrogen and oxygen atoms in total. The number of benzene rings is 3. The first-order valence-electron chi connectivity index (χ1n) is 10.9. The minimum absolute atomic E-state index is 0.131. The van der Waals surface area contributed by atoms with Gasteiger partial charge in [0.15, 0.2) is 0 Å². The number of para-hydroxylation sites is 1. The summed E-state index contributed by atoms with van der Waals surface area (Å²) in [5.41, 5.74) is 3.65. The van der Waals surface area contributed by atoms with Gasteiger partial charge in [-0.05, 0) is 23.8 Å². The van der Waals surface area contributed by atoms with Gasteiger partial charge in [-0.25, -0.2) is 0 Å². The van der Waals surface area contributed by atoms with Crippen molar-refractivity contribution in [1.29, 1.82) is 0 Å². The standard InChI is InChI=1S/C28H21NO3/c30-27-22-17-24-21(16-23(32-24)18-10-4-1-5-11-18)25(19-12-6-2-7-13-19)26(22)28(31)29(27)20-14-8-3-9-15-20/h1-16,22,25-26H,17H2/t22-,25+,26-/m0/s1. The van der Waals surface area contributed by atoms with Crippen LogP contribution in [0.25, 0.3) is 11.3 Å². The van der Waals surface area contributed by atoms with Gasteiger partial charge >= 0.3 is 0 Å². The highest BCUT2D eigenvalue weighted by molar-refractivity contribution is 6.22. The molecule has 6 rings (SSSR count). The molecule has 0 N–H and O–H groups in total. The molecule has 0 spiro atoms. The lowest BCUT2D eigenvalue weighted by atomic mass is 9.69. The third-order valence-electron chi connectivity index (χ3n) is 6.65. The van der Waals surface area contributed by atoms with Crippen molar-refractivity contribution in [3.8, 4) is 11.3 Å². The van der Waals surface area contributed by atoms with Gasteiger partial charge in [0.1, 0.15) is 11.5 Å². The molecular formula is C28H21NO3. The third kappa shape index (κ3) is 2.83. The summed E-state index contributed by atoms with van der Waals surface area (Å²) >= 11 is 0. The molecule has 4 heteroatoms. The van der Waals surface area contributed by atoms with E-state index in [0.717, 1.165) is 28.2 Å². The monoisotopic (exact) mass is 419 g/mol. The molecule has 2 amide bonds. The van der Waals surface area contributed by atoms with E-state index < -0.39 is 11.8 Å². The number of hydrogen-bond donors (Lipinski definition) is 0. The SMILES string of the molecule is O=C1[C@@H]2[C@H](c3ccccc3)c3cc(-c4ccccc4)oc3C[C@@H]2C(=O)N1c1ccccc1. The van der Waals surface area contributed by atoms with Crippen molar-refractivity contribution in [2.45, 2.75) is 12.3 Å². The molecule has 0 saturated carbocycles. The van der Waals surface area contributed by atoms with Crippen LogP contribution in [0.4, 0.5) is 5.69 Å². The zero-order valence-electron chi connectivity index (χ0n) is 17.3. The molecule has 1 saturated heterocycles. The molecule has 3 atom stereocenters. The molecule has 156 valence electrons. The van der Waals surface area contributed by atoms with Crippen molar-refractivity contribution in [2.75, 3.05) is 4.90 Å². The first-order valence-corrected chi connectivity index (χ1v) is 10.9. The highest BCUT2D eigenvalue weighted by Gasteiger charge is 2.55. The summed E-state index contributed by atoms with van der Waals surface area (Å²) in [7, 11) is 0. The van der Waals surface area contributed by atoms with Gasteiger partial charge in [0.2, 0.25) is 11.8 Å². The molecule has 0 radical (unpaired) electrons. The minimum atomic E-state index is -0.446. The molecule has 32 heavy (non-hydrogen) atoms. The number of carbonyl (C=O) groups is 2. The second-order valence-corrected chi connectivity index (χ2v) is 8.43. The first-order chi connectivity index (χ1) is 15.7. The van der Waals surface area contributed by atoms with Crippen LogP contribution < -0.4 is 4.90 Å². The first kappa shape index (κ1) is 18.8. The van der Waals surface area contributed by atoms with E-state index in [1.54, 1.807) is 0 Å². The molecule has 1 aromatic heterocycles. The molecule has 2 heterocycles. The second-order valence-electron chi connectivity index (χ2n) is 8.43. The summed E-state index contributed by atoms with van der Waals surface area (Å²) in [6, 6.07) is 31.2. The predicted molar refractivity (Wildman–Crippen MR) is 122 cm³/mol. The van der Waals surface area contributed by atoms with Gasteiger partial charge in [0.05, 0.1) is 17.5 Å². The number of nitrogens with zero attached hydrogens (tertiary/aromatic N) is 1. The zero-order valence-corrected chi connectivity index (χ0v) is 17.3. The van der Waals surface area contributed by atoms with Crippen molar-refractivity contribution in [1.82, 2.24) is 0 Å². The number of imide groups is 1. The lowest BCUT2D eigenvalue weighted by Gasteiger charge is -2.30. The van der Waals surface area contributed by atoms with Crippen LogP contribution in [-0.2, 0) is 16.0 Å². The zero-order chi connectivity index (χ0) is 21.7. The van der Waals surface area contributed by atoms with Gasteiger partial charge in [-0.15, -0.1) is 0 Å². The fourth-order valence-corrected chi connectivity index (χ4v) is 5.22. The highest BCUT2D eigenvalue weighted by Crippen LogP contribution is 2.50. The summed E-state index contributed by atoms with van der Waals surface area (Å²) in [6.45, 7) is 0. The highest BCUT2D eigenvalue weighted by atomic mass is 16.3. The second kappa shape index (κ2) is 7.34. The number of anilines is 1. The number of rotatable bonds is 3. The summed E-state index contributed by atoms with van der Waals surface area (Å²) in [5.74, 6) is 0.195. The summed E-state index contributed by atoms with van der Waals surface area (Å²) in [6.07, 6.45) is 0.435. The maximum absolute atomic E-state index is 13.7. The molecule has 0 unspecified atom stereocenters. The van der Waals surface area contributed by atoms with E-state index in [-0.39, 0.29) is 17.7 Å². The lowest BCUT2D eigenvalue weighted by Crippen LogP contribution is -2.32. The van der Waals surface area contributed by atoms with Crippen LogP contribution in [0.5, 0.6) is 0 Å². The Bertz CT molecular complexity index is 1290. The van der Waals surface area contributed by atoms with Crippen LogP contribution in [0.15, 0.2) is 101 Å². The Kier molecular flexibility index (Phi) is 4.32. The fraction of sp³-hybridized carbons (Fsp3) is 0.143. The number of carbonyl (C=O) groups excluding carboxylic acids is 2. The molecule has 1 aliphatic carbocycles. The Labute approximate surface area is 186 Å². The van der Waals surface area contributed by atoms with Crippen LogP contribution in [0.1, 0.15) is 22.8 Å². The van der Waals surface area contributed by atoms with Gasteiger partial charge in [0.25, 0.3) is 0 Å². The van der Waals surface area contributed by atoms with Gasteiger partial charge in [0, 0.05) is 23.5 Å². The number of fused-ring (bicyclic) bond motifs is 2. The van der Waals surface area contributed by atoms with Crippen molar-refractivity contribution >= 4 is 17.5 Å². The Morgan fingerprint density at radius 3 is 2.06 bits per heavy atom. The molecule has 0 bridgehead atoms. The lowest BCUT2D eigenvalue weighted by molar-refractivity contribution is -0.122. The normalized spacial score (nSPS) is 22.0. The van der Waals surface area contributed by atoms with E-state index in [1.165, 1.54) is 4.90 Å². The molecule has 3 aromatic carbocycles. The predicted octanol–water partition coefficient (Wildman–Crippen LogP) is 5.44. The van der Waals surface area contributed by atoms with Gasteiger partial charge in [-0.3, -0.25) is 14.5 Å². The summed E-state index contributed by atoms with van der Waals surface area (Å²) < 4.78 is 6.29. The van der Waals surface area contributed by atoms with Crippen LogP contribution in [0, 0.1) is 11.8 Å².